The van der Waals surface area contributed by atoms with Crippen molar-refractivity contribution in [3.05, 3.63) is 95.1 Å². The van der Waals surface area contributed by atoms with E-state index in [2.05, 4.69) is 22.8 Å². The van der Waals surface area contributed by atoms with Crippen LogP contribution in [0.15, 0.2) is 72.8 Å². The second-order valence-corrected chi connectivity index (χ2v) is 9.07. The van der Waals surface area contributed by atoms with Crippen molar-refractivity contribution in [3.8, 4) is 11.1 Å². The van der Waals surface area contributed by atoms with E-state index in [0.717, 1.165) is 33.4 Å². The molecule has 37 heavy (non-hydrogen) atoms. The summed E-state index contributed by atoms with van der Waals surface area (Å²) in [6.45, 7) is 0.357. The third-order valence-electron chi connectivity index (χ3n) is 6.58. The number of benzene rings is 3. The minimum Gasteiger partial charge on any atom is -0.449 e. The quantitative estimate of drug-likeness (QED) is 0.298. The second kappa shape index (κ2) is 12.2. The number of fused-ring (bicyclic) bond motifs is 3. The number of nitrogens with one attached hydrogen (secondary N) is 2. The first-order chi connectivity index (χ1) is 18.0. The van der Waals surface area contributed by atoms with Gasteiger partial charge in [-0.1, -0.05) is 72.8 Å². The van der Waals surface area contributed by atoms with Crippen molar-refractivity contribution in [3.63, 3.8) is 0 Å². The highest BCUT2D eigenvalue weighted by molar-refractivity contribution is 5.89. The Morgan fingerprint density at radius 2 is 1.49 bits per heavy atom. The molecule has 192 valence electrons. The fourth-order valence-electron chi connectivity index (χ4n) is 4.70. The number of carbonyl (C=O) groups excluding carboxylic acids is 3. The van der Waals surface area contributed by atoms with Crippen LogP contribution in [0.5, 0.6) is 0 Å². The van der Waals surface area contributed by atoms with Crippen LogP contribution in [0.4, 0.5) is 9.59 Å². The molecule has 3 amide bonds. The van der Waals surface area contributed by atoms with Gasteiger partial charge in [0.05, 0.1) is 12.6 Å². The standard InChI is InChI=1S/C29H31N3O5/c30-28(35)31-15-5-10-26(27(34)16-19-11-13-20(17-33)14-12-19)32-29(36)37-18-25-23-8-3-1-6-21(23)22-7-2-4-9-24(22)25/h1-4,6-9,11-14,25-26,33H,5,10,15-18H2,(H,32,36)(H3,30,31,35). The van der Waals surface area contributed by atoms with Crippen molar-refractivity contribution in [1.82, 2.24) is 10.6 Å². The molecule has 3 aromatic rings. The first kappa shape index (κ1) is 25.9. The van der Waals surface area contributed by atoms with Gasteiger partial charge in [0.15, 0.2) is 5.78 Å². The van der Waals surface area contributed by atoms with Gasteiger partial charge in [0.25, 0.3) is 0 Å². The molecule has 8 heteroatoms. The van der Waals surface area contributed by atoms with Gasteiger partial charge < -0.3 is 26.2 Å². The van der Waals surface area contributed by atoms with Crippen LogP contribution in [0, 0.1) is 0 Å². The van der Waals surface area contributed by atoms with Gasteiger partial charge in [0, 0.05) is 18.9 Å². The molecule has 1 atom stereocenters. The number of ether oxygens (including phenoxy) is 1. The molecule has 1 unspecified atom stereocenters. The molecule has 3 aromatic carbocycles. The van der Waals surface area contributed by atoms with Crippen LogP contribution in [0.3, 0.4) is 0 Å². The van der Waals surface area contributed by atoms with E-state index < -0.39 is 18.2 Å². The summed E-state index contributed by atoms with van der Waals surface area (Å²) < 4.78 is 5.63. The maximum atomic E-state index is 13.1. The lowest BCUT2D eigenvalue weighted by molar-refractivity contribution is -0.120. The number of rotatable bonds is 11. The summed E-state index contributed by atoms with van der Waals surface area (Å²) in [5.74, 6) is -0.263. The van der Waals surface area contributed by atoms with Gasteiger partial charge in [-0.25, -0.2) is 9.59 Å². The summed E-state index contributed by atoms with van der Waals surface area (Å²) >= 11 is 0. The lowest BCUT2D eigenvalue weighted by Gasteiger charge is -2.19. The Bertz CT molecular complexity index is 1210. The van der Waals surface area contributed by atoms with Crippen LogP contribution in [0.2, 0.25) is 0 Å². The van der Waals surface area contributed by atoms with Crippen LogP contribution in [0.25, 0.3) is 11.1 Å². The highest BCUT2D eigenvalue weighted by Crippen LogP contribution is 2.44. The predicted octanol–water partition coefficient (Wildman–Crippen LogP) is 3.65. The number of nitrogens with two attached hydrogens (primary N) is 1. The molecule has 4 rings (SSSR count). The van der Waals surface area contributed by atoms with Crippen LogP contribution < -0.4 is 16.4 Å². The fourth-order valence-corrected chi connectivity index (χ4v) is 4.70. The average Bonchev–Trinajstić information content (AvgIpc) is 3.23. The third kappa shape index (κ3) is 6.54. The highest BCUT2D eigenvalue weighted by Gasteiger charge is 2.29. The Morgan fingerprint density at radius 1 is 0.892 bits per heavy atom. The van der Waals surface area contributed by atoms with E-state index in [0.29, 0.717) is 12.8 Å². The first-order valence-electron chi connectivity index (χ1n) is 12.3. The monoisotopic (exact) mass is 501 g/mol. The Kier molecular flexibility index (Phi) is 8.53. The van der Waals surface area contributed by atoms with Gasteiger partial charge >= 0.3 is 12.1 Å². The van der Waals surface area contributed by atoms with Gasteiger partial charge in [0.2, 0.25) is 0 Å². The van der Waals surface area contributed by atoms with Crippen molar-refractivity contribution in [2.75, 3.05) is 13.2 Å². The summed E-state index contributed by atoms with van der Waals surface area (Å²) in [5, 5.41) is 14.4. The second-order valence-electron chi connectivity index (χ2n) is 9.07. The number of aliphatic hydroxyl groups excluding tert-OH is 1. The summed E-state index contributed by atoms with van der Waals surface area (Å²) in [7, 11) is 0. The smallest absolute Gasteiger partial charge is 0.407 e. The zero-order valence-electron chi connectivity index (χ0n) is 20.5. The van der Waals surface area contributed by atoms with Crippen molar-refractivity contribution < 1.29 is 24.2 Å². The van der Waals surface area contributed by atoms with E-state index in [9.17, 15) is 19.5 Å². The molecule has 0 saturated carbocycles. The van der Waals surface area contributed by atoms with Crippen LogP contribution in [0.1, 0.15) is 41.0 Å². The SMILES string of the molecule is NC(=O)NCCCC(NC(=O)OCC1c2ccccc2-c2ccccc21)C(=O)Cc1ccc(CO)cc1. The number of urea groups is 1. The molecule has 0 bridgehead atoms. The maximum Gasteiger partial charge on any atom is 0.407 e. The summed E-state index contributed by atoms with van der Waals surface area (Å²) in [6, 6.07) is 21.8. The Balaban J connectivity index is 1.40. The molecule has 0 aromatic heterocycles. The van der Waals surface area contributed by atoms with Gasteiger partial charge in [-0.05, 0) is 46.2 Å². The summed E-state index contributed by atoms with van der Waals surface area (Å²) in [6.07, 6.45) is 0.215. The van der Waals surface area contributed by atoms with E-state index in [4.69, 9.17) is 10.5 Å². The molecule has 1 aliphatic rings. The number of hydrogen-bond acceptors (Lipinski definition) is 5. The number of ketones is 1. The van der Waals surface area contributed by atoms with E-state index in [-0.39, 0.29) is 37.9 Å². The Labute approximate surface area is 215 Å². The van der Waals surface area contributed by atoms with Crippen LogP contribution in [-0.2, 0) is 22.6 Å². The molecular weight excluding hydrogens is 470 g/mol. The largest absolute Gasteiger partial charge is 0.449 e. The highest BCUT2D eigenvalue weighted by atomic mass is 16.5. The van der Waals surface area contributed by atoms with E-state index >= 15 is 0 Å². The topological polar surface area (TPSA) is 131 Å². The Morgan fingerprint density at radius 3 is 2.08 bits per heavy atom. The molecule has 0 spiro atoms. The number of alkyl carbamates (subject to hydrolysis) is 1. The third-order valence-corrected chi connectivity index (χ3v) is 6.58. The Hall–Kier alpha value is -4.17. The van der Waals surface area contributed by atoms with E-state index in [1.807, 2.05) is 36.4 Å². The lowest BCUT2D eigenvalue weighted by atomic mass is 9.98. The molecule has 0 saturated heterocycles. The van der Waals surface area contributed by atoms with Gasteiger partial charge in [-0.15, -0.1) is 0 Å². The average molecular weight is 502 g/mol. The van der Waals surface area contributed by atoms with Crippen LogP contribution in [-0.4, -0.2) is 42.2 Å². The van der Waals surface area contributed by atoms with E-state index in [1.165, 1.54) is 0 Å². The molecule has 0 heterocycles. The molecule has 0 aliphatic heterocycles. The molecule has 8 nitrogen and oxygen atoms in total. The maximum absolute atomic E-state index is 13.1. The molecule has 1 aliphatic carbocycles. The van der Waals surface area contributed by atoms with Gasteiger partial charge in [0.1, 0.15) is 6.61 Å². The molecular formula is C29H31N3O5. The lowest BCUT2D eigenvalue weighted by Crippen LogP contribution is -2.43. The fraction of sp³-hybridized carbons (Fsp3) is 0.276. The summed E-state index contributed by atoms with van der Waals surface area (Å²) in [4.78, 5) is 36.9. The summed E-state index contributed by atoms with van der Waals surface area (Å²) in [5.41, 5.74) is 11.1. The number of carbonyl (C=O) groups is 3. The number of hydrogen-bond donors (Lipinski definition) is 4. The zero-order valence-corrected chi connectivity index (χ0v) is 20.5. The number of aliphatic hydroxyl groups is 1. The van der Waals surface area contributed by atoms with Crippen molar-refractivity contribution in [2.24, 2.45) is 5.73 Å². The minimum atomic E-state index is -0.789. The molecule has 5 N–H and O–H groups in total. The number of primary amides is 1. The van der Waals surface area contributed by atoms with E-state index in [1.54, 1.807) is 24.3 Å². The zero-order chi connectivity index (χ0) is 26.2. The normalized spacial score (nSPS) is 12.8. The predicted molar refractivity (Wildman–Crippen MR) is 140 cm³/mol. The first-order valence-corrected chi connectivity index (χ1v) is 12.3. The van der Waals surface area contributed by atoms with Crippen molar-refractivity contribution in [2.45, 2.75) is 37.8 Å². The van der Waals surface area contributed by atoms with Crippen molar-refractivity contribution >= 4 is 17.9 Å². The van der Waals surface area contributed by atoms with Gasteiger partial charge in [-0.3, -0.25) is 4.79 Å². The number of Topliss-reactive ketones (excluding diaryl/α,β-unsaturated/α-hetero) is 1. The van der Waals surface area contributed by atoms with Crippen LogP contribution >= 0.6 is 0 Å². The number of amides is 3. The van der Waals surface area contributed by atoms with Gasteiger partial charge in [-0.2, -0.15) is 0 Å². The molecule has 0 radical (unpaired) electrons. The van der Waals surface area contributed by atoms with Crippen molar-refractivity contribution in [1.29, 1.82) is 0 Å². The molecule has 0 fully saturated rings. The minimum absolute atomic E-state index is 0.0763.